The highest BCUT2D eigenvalue weighted by atomic mass is 16.9. The van der Waals surface area contributed by atoms with Crippen LogP contribution < -0.4 is 0 Å². The van der Waals surface area contributed by atoms with Gasteiger partial charge in [0.25, 0.3) is 6.48 Å². The van der Waals surface area contributed by atoms with Crippen molar-refractivity contribution in [2.24, 2.45) is 0 Å². The molecule has 4 bridgehead atoms. The van der Waals surface area contributed by atoms with Crippen LogP contribution in [0.1, 0.15) is 0 Å². The summed E-state index contributed by atoms with van der Waals surface area (Å²) in [5.41, 5.74) is 0. The van der Waals surface area contributed by atoms with E-state index in [2.05, 4.69) is 13.2 Å². The molecule has 3 heterocycles. The molecule has 0 aromatic rings. The van der Waals surface area contributed by atoms with E-state index in [1.165, 1.54) is 0 Å². The molecule has 6 heteroatoms. The van der Waals surface area contributed by atoms with Gasteiger partial charge in [0.15, 0.2) is 0 Å². The molecule has 106 valence electrons. The standard InChI is InChI=1S/C13H18O6/c1-3-5-15-10-8-7(14)9-11(16-6-4-2)12(10)19-13(17-8)18-9/h3-4,7-14H,1-2,5-6H2/t7?,8-,9+,10+,11-,12?,13?. The highest BCUT2D eigenvalue weighted by Crippen LogP contribution is 2.42. The van der Waals surface area contributed by atoms with Crippen LogP contribution in [0.5, 0.6) is 0 Å². The Morgan fingerprint density at radius 2 is 1.37 bits per heavy atom. The SMILES string of the molecule is C=CCO[C@@H]1C2OC3O[C@@H]1C(O)[C@H](O3)[C@H]2OCC=C. The summed E-state index contributed by atoms with van der Waals surface area (Å²) < 4.78 is 27.9. The van der Waals surface area contributed by atoms with Crippen LogP contribution in [0.25, 0.3) is 0 Å². The maximum atomic E-state index is 10.2. The molecule has 3 saturated heterocycles. The van der Waals surface area contributed by atoms with Crippen molar-refractivity contribution in [2.75, 3.05) is 13.2 Å². The van der Waals surface area contributed by atoms with Crippen LogP contribution >= 0.6 is 0 Å². The summed E-state index contributed by atoms with van der Waals surface area (Å²) >= 11 is 0. The molecule has 0 radical (unpaired) electrons. The van der Waals surface area contributed by atoms with Gasteiger partial charge in [-0.1, -0.05) is 12.2 Å². The summed E-state index contributed by atoms with van der Waals surface area (Å²) in [4.78, 5) is 0. The monoisotopic (exact) mass is 270 g/mol. The van der Waals surface area contributed by atoms with Crippen molar-refractivity contribution in [2.45, 2.75) is 43.1 Å². The second-order valence-electron chi connectivity index (χ2n) is 4.75. The van der Waals surface area contributed by atoms with Gasteiger partial charge in [-0.05, 0) is 0 Å². The molecule has 3 aliphatic heterocycles. The lowest BCUT2D eigenvalue weighted by molar-refractivity contribution is -0.485. The maximum absolute atomic E-state index is 10.2. The molecule has 1 saturated carbocycles. The van der Waals surface area contributed by atoms with E-state index in [9.17, 15) is 5.11 Å². The average molecular weight is 270 g/mol. The van der Waals surface area contributed by atoms with Gasteiger partial charge < -0.3 is 28.8 Å². The van der Waals surface area contributed by atoms with Gasteiger partial charge in [0, 0.05) is 0 Å². The van der Waals surface area contributed by atoms with Crippen LogP contribution in [0.15, 0.2) is 25.3 Å². The molecule has 0 aromatic carbocycles. The fourth-order valence-electron chi connectivity index (χ4n) is 2.83. The fraction of sp³-hybridized carbons (Fsp3) is 0.692. The number of aliphatic hydroxyl groups excluding tert-OH is 1. The molecule has 0 amide bonds. The van der Waals surface area contributed by atoms with Crippen molar-refractivity contribution < 1.29 is 28.8 Å². The largest absolute Gasteiger partial charge is 0.387 e. The number of hydrogen-bond donors (Lipinski definition) is 1. The van der Waals surface area contributed by atoms with Gasteiger partial charge in [-0.15, -0.1) is 13.2 Å². The van der Waals surface area contributed by atoms with Gasteiger partial charge in [-0.25, -0.2) is 0 Å². The van der Waals surface area contributed by atoms with E-state index >= 15 is 0 Å². The molecular weight excluding hydrogens is 252 g/mol. The minimum atomic E-state index is -0.791. The molecule has 4 rings (SSSR count). The van der Waals surface area contributed by atoms with Crippen molar-refractivity contribution in [3.8, 4) is 0 Å². The van der Waals surface area contributed by atoms with Crippen LogP contribution in [-0.2, 0) is 23.7 Å². The van der Waals surface area contributed by atoms with Crippen molar-refractivity contribution in [3.05, 3.63) is 25.3 Å². The van der Waals surface area contributed by atoms with Crippen molar-refractivity contribution in [1.82, 2.24) is 0 Å². The van der Waals surface area contributed by atoms with E-state index in [0.29, 0.717) is 13.2 Å². The predicted molar refractivity (Wildman–Crippen MR) is 64.3 cm³/mol. The minimum absolute atomic E-state index is 0.314. The van der Waals surface area contributed by atoms with E-state index in [1.807, 2.05) is 0 Å². The van der Waals surface area contributed by atoms with Crippen LogP contribution in [0.4, 0.5) is 0 Å². The summed E-state index contributed by atoms with van der Waals surface area (Å²) in [7, 11) is 0. The molecule has 7 atom stereocenters. The summed E-state index contributed by atoms with van der Waals surface area (Å²) in [6.45, 7) is 7.21. The zero-order valence-corrected chi connectivity index (χ0v) is 10.5. The predicted octanol–water partition coefficient (Wildman–Crippen LogP) is -0.0303. The third kappa shape index (κ3) is 2.14. The first kappa shape index (κ1) is 13.2. The Morgan fingerprint density at radius 3 is 1.84 bits per heavy atom. The highest BCUT2D eigenvalue weighted by molar-refractivity contribution is 5.07. The van der Waals surface area contributed by atoms with Crippen LogP contribution in [0.3, 0.4) is 0 Å². The Kier molecular flexibility index (Phi) is 3.70. The average Bonchev–Trinajstić information content (AvgIpc) is 2.42. The quantitative estimate of drug-likeness (QED) is 0.684. The number of hydrogen-bond acceptors (Lipinski definition) is 6. The van der Waals surface area contributed by atoms with Gasteiger partial charge in [-0.2, -0.15) is 0 Å². The normalized spacial score (nSPS) is 47.3. The Balaban J connectivity index is 1.79. The van der Waals surface area contributed by atoms with Crippen molar-refractivity contribution in [1.29, 1.82) is 0 Å². The van der Waals surface area contributed by atoms with Gasteiger partial charge in [0.05, 0.1) is 13.2 Å². The Bertz CT molecular complexity index is 329. The Morgan fingerprint density at radius 1 is 0.895 bits per heavy atom. The first-order valence-corrected chi connectivity index (χ1v) is 6.35. The van der Waals surface area contributed by atoms with E-state index in [4.69, 9.17) is 23.7 Å². The Hall–Kier alpha value is -0.760. The number of rotatable bonds is 6. The smallest absolute Gasteiger partial charge is 0.272 e. The third-order valence-electron chi connectivity index (χ3n) is 3.59. The topological polar surface area (TPSA) is 66.4 Å². The second-order valence-corrected chi connectivity index (χ2v) is 4.75. The van der Waals surface area contributed by atoms with E-state index < -0.39 is 24.8 Å². The molecule has 1 aliphatic carbocycles. The van der Waals surface area contributed by atoms with Crippen LogP contribution in [-0.4, -0.2) is 61.4 Å². The lowest BCUT2D eigenvalue weighted by Crippen LogP contribution is -2.75. The minimum Gasteiger partial charge on any atom is -0.387 e. The lowest BCUT2D eigenvalue weighted by atomic mass is 9.82. The van der Waals surface area contributed by atoms with Crippen molar-refractivity contribution in [3.63, 3.8) is 0 Å². The summed E-state index contributed by atoms with van der Waals surface area (Å²) in [6, 6.07) is 0. The van der Waals surface area contributed by atoms with Gasteiger partial charge in [-0.3, -0.25) is 0 Å². The lowest BCUT2D eigenvalue weighted by Gasteiger charge is -2.57. The van der Waals surface area contributed by atoms with Crippen LogP contribution in [0, 0.1) is 0 Å². The number of ether oxygens (including phenoxy) is 5. The first-order valence-electron chi connectivity index (χ1n) is 6.35. The zero-order chi connectivity index (χ0) is 13.4. The molecule has 1 N–H and O–H groups in total. The van der Waals surface area contributed by atoms with Gasteiger partial charge >= 0.3 is 0 Å². The van der Waals surface area contributed by atoms with E-state index in [-0.39, 0.29) is 18.3 Å². The summed E-state index contributed by atoms with van der Waals surface area (Å²) in [6.07, 6.45) is 0.503. The summed E-state index contributed by atoms with van der Waals surface area (Å²) in [5, 5.41) is 10.2. The van der Waals surface area contributed by atoms with Crippen molar-refractivity contribution >= 4 is 0 Å². The van der Waals surface area contributed by atoms with Gasteiger partial charge in [0.1, 0.15) is 36.6 Å². The molecule has 4 aliphatic rings. The molecule has 6 nitrogen and oxygen atoms in total. The number of aliphatic hydroxyl groups is 1. The maximum Gasteiger partial charge on any atom is 0.272 e. The third-order valence-corrected chi connectivity index (χ3v) is 3.59. The molecule has 0 spiro atoms. The molecule has 3 unspecified atom stereocenters. The molecule has 4 fully saturated rings. The highest BCUT2D eigenvalue weighted by Gasteiger charge is 2.62. The second kappa shape index (κ2) is 5.32. The fourth-order valence-corrected chi connectivity index (χ4v) is 2.83. The molecular formula is C13H18O6. The van der Waals surface area contributed by atoms with Gasteiger partial charge in [0.2, 0.25) is 0 Å². The van der Waals surface area contributed by atoms with Crippen LogP contribution in [0.2, 0.25) is 0 Å². The Labute approximate surface area is 111 Å². The zero-order valence-electron chi connectivity index (χ0n) is 10.5. The van der Waals surface area contributed by atoms with E-state index in [1.54, 1.807) is 12.2 Å². The molecule has 0 aromatic heterocycles. The summed E-state index contributed by atoms with van der Waals surface area (Å²) in [5.74, 6) is 0. The molecule has 19 heavy (non-hydrogen) atoms. The first-order chi connectivity index (χ1) is 9.26. The van der Waals surface area contributed by atoms with E-state index in [0.717, 1.165) is 0 Å².